The van der Waals surface area contributed by atoms with Crippen molar-refractivity contribution in [2.75, 3.05) is 12.8 Å². The lowest BCUT2D eigenvalue weighted by Gasteiger charge is -2.38. The van der Waals surface area contributed by atoms with E-state index < -0.39 is 9.84 Å². The molecule has 2 aliphatic heterocycles. The van der Waals surface area contributed by atoms with Gasteiger partial charge in [0.1, 0.15) is 11.2 Å². The second-order valence-electron chi connectivity index (χ2n) is 10.2. The average Bonchev–Trinajstić information content (AvgIpc) is 3.67. The molecule has 0 spiro atoms. The van der Waals surface area contributed by atoms with Crippen LogP contribution in [0, 0.1) is 15.8 Å². The Morgan fingerprint density at radius 1 is 1.21 bits per heavy atom. The van der Waals surface area contributed by atoms with E-state index in [1.165, 1.54) is 23.2 Å². The summed E-state index contributed by atoms with van der Waals surface area (Å²) in [6.45, 7) is 2.34. The van der Waals surface area contributed by atoms with Gasteiger partial charge in [0, 0.05) is 47.6 Å². The van der Waals surface area contributed by atoms with E-state index in [0.717, 1.165) is 11.3 Å². The number of nitrogens with one attached hydrogen (secondary N) is 2. The molecule has 4 aromatic heterocycles. The quantitative estimate of drug-likeness (QED) is 0.308. The van der Waals surface area contributed by atoms with Crippen molar-refractivity contribution in [1.82, 2.24) is 44.7 Å². The number of sulfone groups is 1. The lowest BCUT2D eigenvalue weighted by atomic mass is 9.86. The number of likely N-dealkylation sites (tertiary alicyclic amines) is 1. The monoisotopic (exact) mass is 588 g/mol. The number of hydroxylamine groups is 2. The molecule has 0 aliphatic carbocycles. The fourth-order valence-electron chi connectivity index (χ4n) is 5.58. The topological polar surface area (TPSA) is 186 Å². The third-order valence-electron chi connectivity index (χ3n) is 7.63. The first-order chi connectivity index (χ1) is 20.2. The molecule has 0 saturated carbocycles. The highest BCUT2D eigenvalue weighted by Gasteiger charge is 2.36. The summed E-state index contributed by atoms with van der Waals surface area (Å²) >= 11 is 0. The van der Waals surface area contributed by atoms with Gasteiger partial charge < -0.3 is 4.90 Å². The summed E-state index contributed by atoms with van der Waals surface area (Å²) < 4.78 is 27.2. The van der Waals surface area contributed by atoms with Gasteiger partial charge in [0.15, 0.2) is 21.0 Å². The molecule has 2 atom stereocenters. The highest BCUT2D eigenvalue weighted by Crippen LogP contribution is 2.35. The average molecular weight is 589 g/mol. The number of allylic oxidation sites excluding steroid dienone is 2. The molecule has 0 aromatic carbocycles. The van der Waals surface area contributed by atoms with Crippen molar-refractivity contribution in [3.63, 3.8) is 0 Å². The molecule has 1 saturated heterocycles. The molecule has 6 rings (SSSR count). The lowest BCUT2D eigenvalue weighted by molar-refractivity contribution is 0.0239. The Kier molecular flexibility index (Phi) is 6.90. The number of hydrogen-bond donors (Lipinski definition) is 3. The third kappa shape index (κ3) is 4.75. The molecule has 14 nitrogen and oxygen atoms in total. The Labute approximate surface area is 239 Å². The number of piperidine rings is 1. The zero-order valence-corrected chi connectivity index (χ0v) is 23.7. The van der Waals surface area contributed by atoms with Gasteiger partial charge in [-0.1, -0.05) is 19.1 Å². The highest BCUT2D eigenvalue weighted by atomic mass is 32.2. The zero-order valence-electron chi connectivity index (χ0n) is 22.8. The Morgan fingerprint density at radius 3 is 2.71 bits per heavy atom. The molecular weight excluding hydrogens is 560 g/mol. The molecule has 1 amide bonds. The number of carbonyl (C=O) groups excluding carboxylic acids is 1. The largest absolute Gasteiger partial charge is 0.333 e. The number of fused-ring (bicyclic) bond motifs is 1. The predicted molar refractivity (Wildman–Crippen MR) is 148 cm³/mol. The predicted octanol–water partition coefficient (Wildman–Crippen LogP) is 0.813. The van der Waals surface area contributed by atoms with Crippen LogP contribution in [0.2, 0.25) is 0 Å². The highest BCUT2D eigenvalue weighted by molar-refractivity contribution is 7.90. The number of H-pyrrole nitrogens is 1. The second-order valence-corrected chi connectivity index (χ2v) is 12.2. The van der Waals surface area contributed by atoms with E-state index in [1.807, 2.05) is 13.0 Å². The Balaban J connectivity index is 1.47. The maximum Gasteiger partial charge on any atom is 0.291 e. The maximum atomic E-state index is 13.0. The smallest absolute Gasteiger partial charge is 0.291 e. The molecule has 0 unspecified atom stereocenters. The van der Waals surface area contributed by atoms with Crippen molar-refractivity contribution in [2.45, 2.75) is 43.0 Å². The van der Waals surface area contributed by atoms with Gasteiger partial charge in [-0.3, -0.25) is 25.5 Å². The fourth-order valence-corrected chi connectivity index (χ4v) is 6.61. The van der Waals surface area contributed by atoms with Gasteiger partial charge in [-0.25, -0.2) is 23.4 Å². The molecule has 0 bridgehead atoms. The Morgan fingerprint density at radius 2 is 2.05 bits per heavy atom. The Hall–Kier alpha value is -4.76. The minimum atomic E-state index is -3.84. The van der Waals surface area contributed by atoms with Crippen molar-refractivity contribution in [3.05, 3.63) is 88.1 Å². The maximum absolute atomic E-state index is 13.0. The molecule has 216 valence electrons. The molecule has 4 aromatic rings. The molecule has 42 heavy (non-hydrogen) atoms. The van der Waals surface area contributed by atoms with Crippen LogP contribution in [0.1, 0.15) is 48.4 Å². The molecule has 1 fully saturated rings. The summed E-state index contributed by atoms with van der Waals surface area (Å²) in [5.41, 5.74) is 0.876. The first-order valence-corrected chi connectivity index (χ1v) is 15.2. The fraction of sp³-hybridized carbons (Fsp3) is 0.296. The third-order valence-corrected chi connectivity index (χ3v) is 8.77. The first-order valence-electron chi connectivity index (χ1n) is 13.3. The SMILES string of the molecule is CC[C@H]1C[C@H](c2nc3c(=c4ccc(=C5C=CC=CN5O)nc4)cnn3c(=N)c2S(C)(=O)=O)CCN1C(=O)c1ncn[nH]1. The Bertz CT molecular complexity index is 2050. The van der Waals surface area contributed by atoms with Crippen LogP contribution in [0.15, 0.2) is 60.2 Å². The van der Waals surface area contributed by atoms with Crippen LogP contribution in [0.4, 0.5) is 0 Å². The summed E-state index contributed by atoms with van der Waals surface area (Å²) in [7, 11) is -3.84. The molecular formula is C27H28N10O4S. The van der Waals surface area contributed by atoms with Crippen molar-refractivity contribution < 1.29 is 18.4 Å². The summed E-state index contributed by atoms with van der Waals surface area (Å²) in [6, 6.07) is 3.37. The van der Waals surface area contributed by atoms with Crippen LogP contribution in [-0.2, 0) is 9.84 Å². The minimum absolute atomic E-state index is 0.154. The lowest BCUT2D eigenvalue weighted by Crippen LogP contribution is -2.46. The van der Waals surface area contributed by atoms with E-state index >= 15 is 0 Å². The van der Waals surface area contributed by atoms with Gasteiger partial charge in [0.25, 0.3) is 5.91 Å². The van der Waals surface area contributed by atoms with Crippen LogP contribution in [0.3, 0.4) is 0 Å². The van der Waals surface area contributed by atoms with E-state index in [2.05, 4.69) is 25.3 Å². The van der Waals surface area contributed by atoms with Crippen LogP contribution < -0.4 is 10.8 Å². The van der Waals surface area contributed by atoms with E-state index in [-0.39, 0.29) is 34.1 Å². The van der Waals surface area contributed by atoms with Gasteiger partial charge in [0.2, 0.25) is 5.82 Å². The van der Waals surface area contributed by atoms with E-state index in [9.17, 15) is 18.4 Å². The molecule has 6 heterocycles. The minimum Gasteiger partial charge on any atom is -0.333 e. The molecule has 2 aliphatic rings. The number of rotatable bonds is 4. The van der Waals surface area contributed by atoms with Crippen molar-refractivity contribution in [2.24, 2.45) is 0 Å². The van der Waals surface area contributed by atoms with Gasteiger partial charge in [0.05, 0.1) is 22.9 Å². The number of carbonyl (C=O) groups is 1. The van der Waals surface area contributed by atoms with Crippen LogP contribution in [0.25, 0.3) is 11.3 Å². The molecule has 3 N–H and O–H groups in total. The van der Waals surface area contributed by atoms with Gasteiger partial charge in [-0.05, 0) is 37.5 Å². The van der Waals surface area contributed by atoms with E-state index in [4.69, 9.17) is 10.4 Å². The number of amides is 1. The number of pyridine rings is 1. The van der Waals surface area contributed by atoms with Crippen molar-refractivity contribution in [1.29, 1.82) is 5.41 Å². The number of aromatic amines is 1. The number of nitrogens with zero attached hydrogens (tertiary/aromatic N) is 8. The van der Waals surface area contributed by atoms with Crippen LogP contribution in [0.5, 0.6) is 0 Å². The van der Waals surface area contributed by atoms with Crippen molar-refractivity contribution >= 4 is 27.1 Å². The zero-order chi connectivity index (χ0) is 29.6. The standard InChI is InChI=1S/C27H28N10O4S/c1-3-18-12-16(9-11-35(18)27(38)25-30-15-31-34-25)22-23(42(2,40)41)24(28)37-26(33-22)19(14-32-37)17-7-8-20(29-13-17)21-6-4-5-10-36(21)39/h4-8,10,13-16,18,28,39H,3,9,11-12H2,1-2H3,(H,30,31,34)/t16-,18+/m1/s1. The summed E-state index contributed by atoms with van der Waals surface area (Å²) in [6.07, 6.45) is 13.8. The summed E-state index contributed by atoms with van der Waals surface area (Å²) in [5, 5.41) is 32.4. The summed E-state index contributed by atoms with van der Waals surface area (Å²) in [4.78, 5) is 27.9. The normalized spacial score (nSPS) is 21.3. The van der Waals surface area contributed by atoms with Crippen molar-refractivity contribution in [3.8, 4) is 0 Å². The van der Waals surface area contributed by atoms with Gasteiger partial charge in [-0.15, -0.1) is 0 Å². The number of hydrogen-bond acceptors (Lipinski definition) is 11. The van der Waals surface area contributed by atoms with Crippen LogP contribution >= 0.6 is 0 Å². The van der Waals surface area contributed by atoms with Gasteiger partial charge in [-0.2, -0.15) is 14.7 Å². The van der Waals surface area contributed by atoms with E-state index in [1.54, 1.807) is 35.4 Å². The second kappa shape index (κ2) is 10.6. The van der Waals surface area contributed by atoms with Gasteiger partial charge >= 0.3 is 0 Å². The molecule has 0 radical (unpaired) electrons. The molecule has 15 heteroatoms. The van der Waals surface area contributed by atoms with E-state index in [0.29, 0.717) is 58.6 Å². The summed E-state index contributed by atoms with van der Waals surface area (Å²) in [5.74, 6) is -0.419. The number of aromatic nitrogens is 7. The first kappa shape index (κ1) is 27.4. The van der Waals surface area contributed by atoms with Crippen LogP contribution in [-0.4, -0.2) is 83.1 Å².